The average molecular weight is 431 g/mol. The molecule has 0 N–H and O–H groups in total. The second-order valence-electron chi connectivity index (χ2n) is 7.64. The number of rotatable bonds is 8. The van der Waals surface area contributed by atoms with Crippen molar-refractivity contribution in [2.24, 2.45) is 0 Å². The number of carbonyl (C=O) groups excluding carboxylic acids is 4. The summed E-state index contributed by atoms with van der Waals surface area (Å²) >= 11 is 0. The van der Waals surface area contributed by atoms with E-state index < -0.39 is 0 Å². The zero-order chi connectivity index (χ0) is 22.4. The predicted molar refractivity (Wildman–Crippen MR) is 112 cm³/mol. The van der Waals surface area contributed by atoms with Crippen LogP contribution in [-0.4, -0.2) is 98.5 Å². The van der Waals surface area contributed by atoms with Gasteiger partial charge in [-0.3, -0.25) is 24.1 Å². The van der Waals surface area contributed by atoms with E-state index in [0.29, 0.717) is 69.8 Å². The maximum atomic E-state index is 13.1. The first-order valence-corrected chi connectivity index (χ1v) is 10.5. The Labute approximate surface area is 181 Å². The van der Waals surface area contributed by atoms with Crippen LogP contribution in [0.5, 0.6) is 0 Å². The summed E-state index contributed by atoms with van der Waals surface area (Å²) in [5.41, 5.74) is 0.960. The summed E-state index contributed by atoms with van der Waals surface area (Å²) < 4.78 is 9.95. The Morgan fingerprint density at radius 3 is 2.32 bits per heavy atom. The summed E-state index contributed by atoms with van der Waals surface area (Å²) in [6.45, 7) is 3.12. The van der Waals surface area contributed by atoms with E-state index in [2.05, 4.69) is 0 Å². The third-order valence-electron chi connectivity index (χ3n) is 5.60. The topological polar surface area (TPSA) is 96.5 Å². The number of imide groups is 1. The lowest BCUT2D eigenvalue weighted by Crippen LogP contribution is -2.37. The van der Waals surface area contributed by atoms with E-state index in [0.717, 1.165) is 0 Å². The molecule has 2 aliphatic rings. The highest BCUT2D eigenvalue weighted by molar-refractivity contribution is 6.22. The van der Waals surface area contributed by atoms with Gasteiger partial charge < -0.3 is 19.3 Å². The first-order valence-electron chi connectivity index (χ1n) is 10.5. The highest BCUT2D eigenvalue weighted by Gasteiger charge is 2.36. The molecular formula is C22H29N3O6. The first kappa shape index (κ1) is 22.9. The molecule has 0 spiro atoms. The molecule has 31 heavy (non-hydrogen) atoms. The molecule has 9 heteroatoms. The molecule has 1 aromatic carbocycles. The predicted octanol–water partition coefficient (Wildman–Crippen LogP) is 1.03. The van der Waals surface area contributed by atoms with E-state index in [1.54, 1.807) is 36.2 Å². The van der Waals surface area contributed by atoms with Crippen LogP contribution in [0.2, 0.25) is 0 Å². The molecule has 2 heterocycles. The van der Waals surface area contributed by atoms with Gasteiger partial charge in [0.15, 0.2) is 0 Å². The van der Waals surface area contributed by atoms with E-state index in [4.69, 9.17) is 9.47 Å². The minimum atomic E-state index is -0.378. The summed E-state index contributed by atoms with van der Waals surface area (Å²) in [6.07, 6.45) is 1.56. The van der Waals surface area contributed by atoms with Gasteiger partial charge in [-0.2, -0.15) is 0 Å². The second kappa shape index (κ2) is 10.5. The third-order valence-corrected chi connectivity index (χ3v) is 5.60. The lowest BCUT2D eigenvalue weighted by Gasteiger charge is -2.22. The van der Waals surface area contributed by atoms with Crippen molar-refractivity contribution in [1.82, 2.24) is 14.7 Å². The number of nitrogens with zero attached hydrogens (tertiary/aromatic N) is 3. The molecule has 3 rings (SSSR count). The van der Waals surface area contributed by atoms with Crippen LogP contribution >= 0.6 is 0 Å². The van der Waals surface area contributed by atoms with Crippen LogP contribution in [0.1, 0.15) is 50.3 Å². The van der Waals surface area contributed by atoms with Gasteiger partial charge in [0.2, 0.25) is 5.91 Å². The smallest absolute Gasteiger partial charge is 0.261 e. The van der Waals surface area contributed by atoms with Crippen molar-refractivity contribution in [3.8, 4) is 0 Å². The second-order valence-corrected chi connectivity index (χ2v) is 7.64. The molecule has 1 fully saturated rings. The highest BCUT2D eigenvalue weighted by atomic mass is 16.5. The molecule has 0 saturated carbocycles. The van der Waals surface area contributed by atoms with Gasteiger partial charge in [-0.15, -0.1) is 0 Å². The molecule has 0 unspecified atom stereocenters. The van der Waals surface area contributed by atoms with Crippen molar-refractivity contribution in [2.75, 3.05) is 60.2 Å². The summed E-state index contributed by atoms with van der Waals surface area (Å²) in [7, 11) is 3.13. The minimum Gasteiger partial charge on any atom is -0.385 e. The Morgan fingerprint density at radius 2 is 1.58 bits per heavy atom. The number of hydrogen-bond donors (Lipinski definition) is 0. The van der Waals surface area contributed by atoms with Crippen LogP contribution in [0.15, 0.2) is 18.2 Å². The van der Waals surface area contributed by atoms with E-state index >= 15 is 0 Å². The zero-order valence-electron chi connectivity index (χ0n) is 18.1. The fourth-order valence-electron chi connectivity index (χ4n) is 3.89. The average Bonchev–Trinajstić information content (AvgIpc) is 2.95. The van der Waals surface area contributed by atoms with Gasteiger partial charge in [0, 0.05) is 59.1 Å². The Hall–Kier alpha value is -2.78. The molecule has 0 aliphatic carbocycles. The monoisotopic (exact) mass is 431 g/mol. The van der Waals surface area contributed by atoms with Crippen molar-refractivity contribution in [3.05, 3.63) is 34.9 Å². The number of benzene rings is 1. The number of methoxy groups -OCH3 is 2. The van der Waals surface area contributed by atoms with Gasteiger partial charge in [-0.25, -0.2) is 0 Å². The van der Waals surface area contributed by atoms with Crippen molar-refractivity contribution in [3.63, 3.8) is 0 Å². The molecule has 9 nitrogen and oxygen atoms in total. The Kier molecular flexibility index (Phi) is 7.75. The minimum absolute atomic E-state index is 0.0198. The third kappa shape index (κ3) is 5.11. The van der Waals surface area contributed by atoms with Crippen molar-refractivity contribution >= 4 is 23.6 Å². The fraction of sp³-hybridized carbons (Fsp3) is 0.545. The molecule has 4 amide bonds. The van der Waals surface area contributed by atoms with Crippen LogP contribution < -0.4 is 0 Å². The molecule has 168 valence electrons. The van der Waals surface area contributed by atoms with Crippen LogP contribution in [0, 0.1) is 0 Å². The molecule has 2 aliphatic heterocycles. The lowest BCUT2D eigenvalue weighted by molar-refractivity contribution is -0.132. The Bertz CT molecular complexity index is 856. The number of fused-ring (bicyclic) bond motifs is 1. The largest absolute Gasteiger partial charge is 0.385 e. The van der Waals surface area contributed by atoms with Crippen LogP contribution in [0.25, 0.3) is 0 Å². The molecule has 1 saturated heterocycles. The fourth-order valence-corrected chi connectivity index (χ4v) is 3.89. The summed E-state index contributed by atoms with van der Waals surface area (Å²) in [6, 6.07) is 4.66. The van der Waals surface area contributed by atoms with Crippen molar-refractivity contribution in [2.45, 2.75) is 19.3 Å². The van der Waals surface area contributed by atoms with Crippen molar-refractivity contribution in [1.29, 1.82) is 0 Å². The van der Waals surface area contributed by atoms with Gasteiger partial charge in [0.05, 0.1) is 24.2 Å². The zero-order valence-corrected chi connectivity index (χ0v) is 18.1. The lowest BCUT2D eigenvalue weighted by atomic mass is 10.0. The number of carbonyl (C=O) groups is 4. The van der Waals surface area contributed by atoms with Gasteiger partial charge in [-0.05, 0) is 31.0 Å². The quantitative estimate of drug-likeness (QED) is 0.451. The van der Waals surface area contributed by atoms with Gasteiger partial charge in [-0.1, -0.05) is 0 Å². The first-order chi connectivity index (χ1) is 15.0. The Balaban J connectivity index is 1.67. The number of ether oxygens (including phenoxy) is 2. The van der Waals surface area contributed by atoms with Crippen LogP contribution in [0.4, 0.5) is 0 Å². The van der Waals surface area contributed by atoms with Crippen LogP contribution in [-0.2, 0) is 14.3 Å². The van der Waals surface area contributed by atoms with Gasteiger partial charge in [0.1, 0.15) is 0 Å². The molecule has 0 radical (unpaired) electrons. The number of amides is 4. The van der Waals surface area contributed by atoms with Crippen molar-refractivity contribution < 1.29 is 28.7 Å². The molecule has 1 aromatic rings. The van der Waals surface area contributed by atoms with E-state index in [1.807, 2.05) is 0 Å². The van der Waals surface area contributed by atoms with Gasteiger partial charge >= 0.3 is 0 Å². The summed E-state index contributed by atoms with van der Waals surface area (Å²) in [4.78, 5) is 55.2. The highest BCUT2D eigenvalue weighted by Crippen LogP contribution is 2.25. The standard InChI is InChI=1S/C22H29N3O6/c1-30-13-4-10-25-21(28)17-6-5-16(15-18(17)22(25)29)20(27)24-9-3-8-23(11-12-24)19(26)7-14-31-2/h5-6,15H,3-4,7-14H2,1-2H3. The SMILES string of the molecule is COCCCN1C(=O)c2ccc(C(=O)N3CCCN(C(=O)CCOC)CC3)cc2C1=O. The molecule has 0 atom stereocenters. The van der Waals surface area contributed by atoms with E-state index in [1.165, 1.54) is 11.0 Å². The van der Waals surface area contributed by atoms with Crippen LogP contribution in [0.3, 0.4) is 0 Å². The van der Waals surface area contributed by atoms with E-state index in [-0.39, 0.29) is 35.7 Å². The molecule has 0 bridgehead atoms. The van der Waals surface area contributed by atoms with E-state index in [9.17, 15) is 19.2 Å². The summed E-state index contributed by atoms with van der Waals surface area (Å²) in [5, 5.41) is 0. The maximum absolute atomic E-state index is 13.1. The molecule has 0 aromatic heterocycles. The number of hydrogen-bond acceptors (Lipinski definition) is 6. The van der Waals surface area contributed by atoms with Gasteiger partial charge in [0.25, 0.3) is 17.7 Å². The summed E-state index contributed by atoms with van der Waals surface area (Å²) in [5.74, 6) is -0.898. The maximum Gasteiger partial charge on any atom is 0.261 e. The molecular weight excluding hydrogens is 402 g/mol. The Morgan fingerprint density at radius 1 is 0.903 bits per heavy atom. The normalized spacial score (nSPS) is 16.5.